The summed E-state index contributed by atoms with van der Waals surface area (Å²) >= 11 is 1.65. The topological polar surface area (TPSA) is 72.2 Å². The van der Waals surface area contributed by atoms with Crippen LogP contribution in [0.3, 0.4) is 0 Å². The molecule has 1 saturated heterocycles. The molecule has 3 atom stereocenters. The minimum absolute atomic E-state index is 0.184. The summed E-state index contributed by atoms with van der Waals surface area (Å²) in [6.45, 7) is 1.43. The lowest BCUT2D eigenvalue weighted by atomic mass is 10.1. The van der Waals surface area contributed by atoms with Crippen LogP contribution in [0, 0.1) is 5.82 Å². The van der Waals surface area contributed by atoms with Gasteiger partial charge in [-0.1, -0.05) is 17.3 Å². The van der Waals surface area contributed by atoms with Crippen molar-refractivity contribution in [1.29, 1.82) is 0 Å². The van der Waals surface area contributed by atoms with E-state index in [1.54, 1.807) is 34.3 Å². The van der Waals surface area contributed by atoms with E-state index in [4.69, 9.17) is 4.74 Å². The molecule has 26 heavy (non-hydrogen) atoms. The van der Waals surface area contributed by atoms with Gasteiger partial charge < -0.3 is 15.2 Å². The first-order valence-electron chi connectivity index (χ1n) is 8.39. The molecule has 0 saturated carbocycles. The maximum Gasteiger partial charge on any atom is 0.123 e. The van der Waals surface area contributed by atoms with Crippen LogP contribution in [-0.4, -0.2) is 45.0 Å². The van der Waals surface area contributed by atoms with Gasteiger partial charge in [0.25, 0.3) is 0 Å². The summed E-state index contributed by atoms with van der Waals surface area (Å²) in [5.41, 5.74) is 2.46. The van der Waals surface area contributed by atoms with Crippen molar-refractivity contribution in [2.24, 2.45) is 0 Å². The number of nitrogens with one attached hydrogen (secondary N) is 1. The van der Waals surface area contributed by atoms with Gasteiger partial charge in [0.05, 0.1) is 37.6 Å². The second kappa shape index (κ2) is 7.63. The molecule has 136 valence electrons. The van der Waals surface area contributed by atoms with Crippen LogP contribution in [0.5, 0.6) is 0 Å². The zero-order valence-corrected chi connectivity index (χ0v) is 14.8. The zero-order valence-electron chi connectivity index (χ0n) is 14.0. The van der Waals surface area contributed by atoms with Gasteiger partial charge in [0, 0.05) is 12.1 Å². The highest BCUT2D eigenvalue weighted by molar-refractivity contribution is 7.07. The van der Waals surface area contributed by atoms with Crippen molar-refractivity contribution in [2.45, 2.75) is 31.3 Å². The van der Waals surface area contributed by atoms with Gasteiger partial charge in [-0.15, -0.1) is 5.10 Å². The quantitative estimate of drug-likeness (QED) is 0.691. The molecule has 1 aliphatic rings. The average molecular weight is 374 g/mol. The van der Waals surface area contributed by atoms with Crippen LogP contribution in [0.4, 0.5) is 4.39 Å². The Labute approximate surface area is 154 Å². The van der Waals surface area contributed by atoms with Gasteiger partial charge in [-0.05, 0) is 34.5 Å². The van der Waals surface area contributed by atoms with Crippen LogP contribution in [0.15, 0.2) is 47.3 Å². The van der Waals surface area contributed by atoms with E-state index in [1.165, 1.54) is 17.7 Å². The van der Waals surface area contributed by atoms with E-state index in [-0.39, 0.29) is 24.6 Å². The smallest absolute Gasteiger partial charge is 0.123 e. The summed E-state index contributed by atoms with van der Waals surface area (Å²) < 4.78 is 20.8. The van der Waals surface area contributed by atoms with Gasteiger partial charge >= 0.3 is 0 Å². The molecule has 4 rings (SSSR count). The number of nitrogens with zero attached hydrogens (tertiary/aromatic N) is 3. The molecule has 3 heterocycles. The van der Waals surface area contributed by atoms with E-state index in [2.05, 4.69) is 27.1 Å². The minimum atomic E-state index is -0.565. The van der Waals surface area contributed by atoms with Crippen LogP contribution in [0.25, 0.3) is 11.3 Å². The van der Waals surface area contributed by atoms with Crippen LogP contribution in [0.2, 0.25) is 0 Å². The lowest BCUT2D eigenvalue weighted by Crippen LogP contribution is -2.44. The van der Waals surface area contributed by atoms with Crippen molar-refractivity contribution >= 4 is 11.3 Å². The molecule has 0 amide bonds. The van der Waals surface area contributed by atoms with E-state index in [0.29, 0.717) is 24.3 Å². The van der Waals surface area contributed by atoms with Gasteiger partial charge in [-0.2, -0.15) is 11.3 Å². The molecule has 0 unspecified atom stereocenters. The molecular weight excluding hydrogens is 355 g/mol. The molecule has 2 aromatic heterocycles. The van der Waals surface area contributed by atoms with Crippen molar-refractivity contribution < 1.29 is 14.2 Å². The molecular formula is C18H19FN4O2S. The summed E-state index contributed by atoms with van der Waals surface area (Å²) in [5.74, 6) is -0.308. The number of aromatic nitrogens is 3. The predicted octanol–water partition coefficient (Wildman–Crippen LogP) is 2.06. The fourth-order valence-corrected chi connectivity index (χ4v) is 3.76. The summed E-state index contributed by atoms with van der Waals surface area (Å²) in [5, 5.41) is 25.9. The first-order chi connectivity index (χ1) is 12.7. The van der Waals surface area contributed by atoms with Crippen molar-refractivity contribution in [3.05, 3.63) is 58.7 Å². The molecule has 1 aromatic carbocycles. The first-order valence-corrected chi connectivity index (χ1v) is 9.33. The van der Waals surface area contributed by atoms with E-state index in [9.17, 15) is 9.50 Å². The van der Waals surface area contributed by atoms with Crippen LogP contribution in [-0.2, 0) is 17.8 Å². The minimum Gasteiger partial charge on any atom is -0.389 e. The number of ether oxygens (including phenoxy) is 1. The number of aliphatic hydroxyl groups excluding tert-OH is 1. The fraction of sp³-hybridized carbons (Fsp3) is 0.333. The zero-order chi connectivity index (χ0) is 17.9. The second-order valence-electron chi connectivity index (χ2n) is 6.31. The Morgan fingerprint density at radius 3 is 3.12 bits per heavy atom. The molecule has 0 spiro atoms. The SMILES string of the molecule is O[C@H]1CO[C@H](Cn2cc(-c3cccc(F)c3)nn2)[C@@H]1NCc1ccsc1. The van der Waals surface area contributed by atoms with Crippen LogP contribution in [0.1, 0.15) is 5.56 Å². The average Bonchev–Trinajstić information content (AvgIpc) is 3.36. The Morgan fingerprint density at radius 1 is 1.38 bits per heavy atom. The molecule has 1 fully saturated rings. The third kappa shape index (κ3) is 3.83. The standard InChI is InChI=1S/C18H19FN4O2S/c19-14-3-1-2-13(6-14)15-8-23(22-21-15)9-17-18(16(24)10-25-17)20-7-12-4-5-26-11-12/h1-6,8,11,16-18,20,24H,7,9-10H2/t16-,17+,18+/m0/s1. The van der Waals surface area contributed by atoms with Crippen LogP contribution >= 0.6 is 11.3 Å². The molecule has 0 bridgehead atoms. The normalized spacial score (nSPS) is 22.8. The fourth-order valence-electron chi connectivity index (χ4n) is 3.09. The van der Waals surface area contributed by atoms with Crippen molar-refractivity contribution in [2.75, 3.05) is 6.61 Å². The van der Waals surface area contributed by atoms with E-state index in [1.807, 2.05) is 5.38 Å². The Kier molecular flexibility index (Phi) is 5.07. The Balaban J connectivity index is 1.42. The molecule has 3 aromatic rings. The lowest BCUT2D eigenvalue weighted by Gasteiger charge is -2.21. The van der Waals surface area contributed by atoms with Crippen molar-refractivity contribution in [3.8, 4) is 11.3 Å². The largest absolute Gasteiger partial charge is 0.389 e. The monoisotopic (exact) mass is 374 g/mol. The molecule has 0 aliphatic carbocycles. The summed E-state index contributed by atoms with van der Waals surface area (Å²) in [6.07, 6.45) is 0.981. The number of hydrogen-bond donors (Lipinski definition) is 2. The maximum atomic E-state index is 13.4. The highest BCUT2D eigenvalue weighted by atomic mass is 32.1. The van der Waals surface area contributed by atoms with E-state index >= 15 is 0 Å². The van der Waals surface area contributed by atoms with Gasteiger partial charge in [0.2, 0.25) is 0 Å². The number of rotatable bonds is 6. The Hall–Kier alpha value is -2.13. The first kappa shape index (κ1) is 17.3. The summed E-state index contributed by atoms with van der Waals surface area (Å²) in [4.78, 5) is 0. The Bertz CT molecular complexity index is 855. The molecule has 8 heteroatoms. The predicted molar refractivity (Wildman–Crippen MR) is 96.1 cm³/mol. The van der Waals surface area contributed by atoms with Crippen molar-refractivity contribution in [3.63, 3.8) is 0 Å². The number of hydrogen-bond acceptors (Lipinski definition) is 6. The van der Waals surface area contributed by atoms with Crippen molar-refractivity contribution in [1.82, 2.24) is 20.3 Å². The van der Waals surface area contributed by atoms with Gasteiger partial charge in [0.15, 0.2) is 0 Å². The maximum absolute atomic E-state index is 13.4. The Morgan fingerprint density at radius 2 is 2.31 bits per heavy atom. The number of benzene rings is 1. The molecule has 6 nitrogen and oxygen atoms in total. The van der Waals surface area contributed by atoms with E-state index < -0.39 is 6.10 Å². The summed E-state index contributed by atoms with van der Waals surface area (Å²) in [7, 11) is 0. The second-order valence-corrected chi connectivity index (χ2v) is 7.09. The molecule has 1 aliphatic heterocycles. The number of halogens is 1. The van der Waals surface area contributed by atoms with E-state index in [0.717, 1.165) is 0 Å². The number of thiophene rings is 1. The summed E-state index contributed by atoms with van der Waals surface area (Å²) in [6, 6.07) is 8.12. The highest BCUT2D eigenvalue weighted by Gasteiger charge is 2.36. The van der Waals surface area contributed by atoms with Gasteiger partial charge in [-0.3, -0.25) is 0 Å². The lowest BCUT2D eigenvalue weighted by molar-refractivity contribution is 0.0741. The molecule has 0 radical (unpaired) electrons. The van der Waals surface area contributed by atoms with Gasteiger partial charge in [0.1, 0.15) is 11.5 Å². The highest BCUT2D eigenvalue weighted by Crippen LogP contribution is 2.20. The number of aliphatic hydroxyl groups is 1. The van der Waals surface area contributed by atoms with Gasteiger partial charge in [-0.25, -0.2) is 9.07 Å². The third-order valence-electron chi connectivity index (χ3n) is 4.44. The van der Waals surface area contributed by atoms with Crippen LogP contribution < -0.4 is 5.32 Å². The third-order valence-corrected chi connectivity index (χ3v) is 5.18. The molecule has 2 N–H and O–H groups in total.